The van der Waals surface area contributed by atoms with Crippen LogP contribution in [0.5, 0.6) is 0 Å². The van der Waals surface area contributed by atoms with Gasteiger partial charge in [0.1, 0.15) is 0 Å². The van der Waals surface area contributed by atoms with Crippen molar-refractivity contribution >= 4 is 17.2 Å². The van der Waals surface area contributed by atoms with Crippen LogP contribution in [0, 0.1) is 5.92 Å². The fourth-order valence-corrected chi connectivity index (χ4v) is 2.86. The minimum atomic E-state index is 0.127. The summed E-state index contributed by atoms with van der Waals surface area (Å²) in [6.07, 6.45) is 3.98. The van der Waals surface area contributed by atoms with Crippen molar-refractivity contribution in [2.75, 3.05) is 0 Å². The molecule has 0 saturated heterocycles. The molecule has 1 aliphatic carbocycles. The van der Waals surface area contributed by atoms with Gasteiger partial charge in [0.25, 0.3) is 0 Å². The molecule has 1 heterocycles. The smallest absolute Gasteiger partial charge is 0.223 e. The summed E-state index contributed by atoms with van der Waals surface area (Å²) in [5.41, 5.74) is 7.05. The number of nitrogens with one attached hydrogen (secondary N) is 1. The van der Waals surface area contributed by atoms with E-state index in [1.807, 2.05) is 11.4 Å². The van der Waals surface area contributed by atoms with E-state index in [1.165, 1.54) is 5.56 Å². The van der Waals surface area contributed by atoms with E-state index in [0.717, 1.165) is 25.7 Å². The van der Waals surface area contributed by atoms with Gasteiger partial charge in [0.05, 0.1) is 0 Å². The Morgan fingerprint density at radius 3 is 3.12 bits per heavy atom. The molecular formula is C12H18N2OS. The Morgan fingerprint density at radius 1 is 1.56 bits per heavy atom. The Bertz CT molecular complexity index is 337. The third-order valence-electron chi connectivity index (χ3n) is 3.13. The number of rotatable bonds is 3. The fourth-order valence-electron chi connectivity index (χ4n) is 2.19. The second-order valence-corrected chi connectivity index (χ2v) is 5.25. The predicted octanol–water partition coefficient (Wildman–Crippen LogP) is 1.88. The highest BCUT2D eigenvalue weighted by Gasteiger charge is 2.24. The second kappa shape index (κ2) is 5.46. The first kappa shape index (κ1) is 11.6. The molecule has 0 aromatic carbocycles. The van der Waals surface area contributed by atoms with Crippen molar-refractivity contribution in [2.45, 2.75) is 38.3 Å². The highest BCUT2D eigenvalue weighted by Crippen LogP contribution is 2.23. The van der Waals surface area contributed by atoms with Crippen LogP contribution in [0.4, 0.5) is 0 Å². The van der Waals surface area contributed by atoms with Crippen LogP contribution in [0.2, 0.25) is 0 Å². The van der Waals surface area contributed by atoms with Crippen LogP contribution < -0.4 is 11.1 Å². The molecule has 2 unspecified atom stereocenters. The van der Waals surface area contributed by atoms with Crippen LogP contribution in [0.3, 0.4) is 0 Å². The molecule has 1 saturated carbocycles. The lowest BCUT2D eigenvalue weighted by molar-refractivity contribution is -0.126. The van der Waals surface area contributed by atoms with Gasteiger partial charge in [-0.15, -0.1) is 0 Å². The normalized spacial score (nSPS) is 25.3. The van der Waals surface area contributed by atoms with E-state index in [2.05, 4.69) is 10.7 Å². The summed E-state index contributed by atoms with van der Waals surface area (Å²) >= 11 is 1.66. The van der Waals surface area contributed by atoms with E-state index in [4.69, 9.17) is 5.73 Å². The maximum atomic E-state index is 11.9. The summed E-state index contributed by atoms with van der Waals surface area (Å²) < 4.78 is 0. The number of thiophene rings is 1. The molecule has 3 nitrogen and oxygen atoms in total. The second-order valence-electron chi connectivity index (χ2n) is 4.47. The third kappa shape index (κ3) is 3.06. The van der Waals surface area contributed by atoms with Gasteiger partial charge >= 0.3 is 0 Å². The van der Waals surface area contributed by atoms with Crippen LogP contribution in [-0.2, 0) is 11.3 Å². The predicted molar refractivity (Wildman–Crippen MR) is 66.1 cm³/mol. The Balaban J connectivity index is 1.79. The first-order chi connectivity index (χ1) is 7.75. The van der Waals surface area contributed by atoms with E-state index in [-0.39, 0.29) is 17.9 Å². The highest BCUT2D eigenvalue weighted by atomic mass is 32.1. The number of carbonyl (C=O) groups is 1. The zero-order chi connectivity index (χ0) is 11.4. The van der Waals surface area contributed by atoms with Gasteiger partial charge in [-0.05, 0) is 41.7 Å². The molecule has 1 aromatic rings. The molecule has 0 bridgehead atoms. The SMILES string of the molecule is NC1CCCC(C(=O)NCc2ccsc2)C1. The van der Waals surface area contributed by atoms with Gasteiger partial charge in [-0.25, -0.2) is 0 Å². The molecule has 4 heteroatoms. The fraction of sp³-hybridized carbons (Fsp3) is 0.583. The van der Waals surface area contributed by atoms with E-state index in [9.17, 15) is 4.79 Å². The Kier molecular flexibility index (Phi) is 3.96. The third-order valence-corrected chi connectivity index (χ3v) is 3.86. The van der Waals surface area contributed by atoms with Gasteiger partial charge in [-0.3, -0.25) is 4.79 Å². The molecule has 1 fully saturated rings. The zero-order valence-corrected chi connectivity index (χ0v) is 10.1. The lowest BCUT2D eigenvalue weighted by Gasteiger charge is -2.25. The van der Waals surface area contributed by atoms with Crippen LogP contribution in [0.25, 0.3) is 0 Å². The Morgan fingerprint density at radius 2 is 2.44 bits per heavy atom. The van der Waals surface area contributed by atoms with Gasteiger partial charge in [0, 0.05) is 18.5 Å². The van der Waals surface area contributed by atoms with Crippen molar-refractivity contribution in [2.24, 2.45) is 11.7 Å². The maximum absolute atomic E-state index is 11.9. The number of hydrogen-bond donors (Lipinski definition) is 2. The first-order valence-corrected chi connectivity index (χ1v) is 6.74. The highest BCUT2D eigenvalue weighted by molar-refractivity contribution is 7.07. The molecule has 2 atom stereocenters. The number of amides is 1. The number of nitrogens with two attached hydrogens (primary N) is 1. The molecular weight excluding hydrogens is 220 g/mol. The largest absolute Gasteiger partial charge is 0.352 e. The van der Waals surface area contributed by atoms with Gasteiger partial charge < -0.3 is 11.1 Å². The standard InChI is InChI=1S/C12H18N2OS/c13-11-3-1-2-10(6-11)12(15)14-7-9-4-5-16-8-9/h4-5,8,10-11H,1-3,6-7,13H2,(H,14,15). The van der Waals surface area contributed by atoms with E-state index >= 15 is 0 Å². The molecule has 2 rings (SSSR count). The van der Waals surface area contributed by atoms with Crippen LogP contribution >= 0.6 is 11.3 Å². The van der Waals surface area contributed by atoms with Crippen molar-refractivity contribution in [3.8, 4) is 0 Å². The monoisotopic (exact) mass is 238 g/mol. The summed E-state index contributed by atoms with van der Waals surface area (Å²) in [5.74, 6) is 0.295. The maximum Gasteiger partial charge on any atom is 0.223 e. The summed E-state index contributed by atoms with van der Waals surface area (Å²) in [6.45, 7) is 0.647. The van der Waals surface area contributed by atoms with Crippen molar-refractivity contribution in [1.29, 1.82) is 0 Å². The average Bonchev–Trinajstić information content (AvgIpc) is 2.78. The topological polar surface area (TPSA) is 55.1 Å². The molecule has 0 aliphatic heterocycles. The number of hydrogen-bond acceptors (Lipinski definition) is 3. The Labute approximate surface area is 100 Å². The number of carbonyl (C=O) groups excluding carboxylic acids is 1. The zero-order valence-electron chi connectivity index (χ0n) is 9.32. The summed E-state index contributed by atoms with van der Waals surface area (Å²) in [7, 11) is 0. The lowest BCUT2D eigenvalue weighted by atomic mass is 9.85. The molecule has 16 heavy (non-hydrogen) atoms. The molecule has 88 valence electrons. The molecule has 0 spiro atoms. The van der Waals surface area contributed by atoms with Crippen LogP contribution in [0.1, 0.15) is 31.2 Å². The van der Waals surface area contributed by atoms with E-state index in [0.29, 0.717) is 6.54 Å². The molecule has 1 aromatic heterocycles. The van der Waals surface area contributed by atoms with E-state index < -0.39 is 0 Å². The van der Waals surface area contributed by atoms with Gasteiger partial charge in [-0.2, -0.15) is 11.3 Å². The minimum absolute atomic E-state index is 0.127. The van der Waals surface area contributed by atoms with Gasteiger partial charge in [0.2, 0.25) is 5.91 Å². The Hall–Kier alpha value is -0.870. The summed E-state index contributed by atoms with van der Waals surface area (Å²) in [5, 5.41) is 7.08. The minimum Gasteiger partial charge on any atom is -0.352 e. The summed E-state index contributed by atoms with van der Waals surface area (Å²) in [4.78, 5) is 11.9. The molecule has 3 N–H and O–H groups in total. The first-order valence-electron chi connectivity index (χ1n) is 5.80. The van der Waals surface area contributed by atoms with Crippen LogP contribution in [0.15, 0.2) is 16.8 Å². The summed E-state index contributed by atoms with van der Waals surface area (Å²) in [6, 6.07) is 2.25. The molecule has 1 amide bonds. The van der Waals surface area contributed by atoms with Crippen molar-refractivity contribution < 1.29 is 4.79 Å². The van der Waals surface area contributed by atoms with Crippen LogP contribution in [-0.4, -0.2) is 11.9 Å². The quantitative estimate of drug-likeness (QED) is 0.845. The average molecular weight is 238 g/mol. The van der Waals surface area contributed by atoms with Gasteiger partial charge in [-0.1, -0.05) is 6.42 Å². The molecule has 0 radical (unpaired) electrons. The van der Waals surface area contributed by atoms with Gasteiger partial charge in [0.15, 0.2) is 0 Å². The van der Waals surface area contributed by atoms with Crippen molar-refractivity contribution in [3.05, 3.63) is 22.4 Å². The lowest BCUT2D eigenvalue weighted by Crippen LogP contribution is -2.37. The van der Waals surface area contributed by atoms with Crippen molar-refractivity contribution in [3.63, 3.8) is 0 Å². The van der Waals surface area contributed by atoms with Crippen molar-refractivity contribution in [1.82, 2.24) is 5.32 Å². The van der Waals surface area contributed by atoms with E-state index in [1.54, 1.807) is 11.3 Å². The molecule has 1 aliphatic rings.